The minimum absolute atomic E-state index is 0.00706. The maximum atomic E-state index is 13.0. The lowest BCUT2D eigenvalue weighted by molar-refractivity contribution is 0.0678. The van der Waals surface area contributed by atoms with Gasteiger partial charge in [-0.3, -0.25) is 4.79 Å². The van der Waals surface area contributed by atoms with Crippen molar-refractivity contribution < 1.29 is 18.0 Å². The van der Waals surface area contributed by atoms with Crippen molar-refractivity contribution in [1.82, 2.24) is 25.5 Å². The SMILES string of the molecule is CS(=O)(=O)c1ccc(Cc2nc(N3CCCC(NC(=O)N4CCC5(CC4)CNC5)C3)cnc2C(N)=O)cc1. The van der Waals surface area contributed by atoms with Gasteiger partial charge < -0.3 is 26.2 Å². The highest BCUT2D eigenvalue weighted by Crippen LogP contribution is 2.35. The second-order valence-corrected chi connectivity index (χ2v) is 12.8. The molecule has 0 aliphatic carbocycles. The molecular weight excluding hydrogens is 506 g/mol. The smallest absolute Gasteiger partial charge is 0.317 e. The van der Waals surface area contributed by atoms with Gasteiger partial charge in [-0.1, -0.05) is 12.1 Å². The van der Waals surface area contributed by atoms with Crippen molar-refractivity contribution in [2.45, 2.75) is 43.0 Å². The molecule has 1 aromatic heterocycles. The van der Waals surface area contributed by atoms with Crippen molar-refractivity contribution in [2.24, 2.45) is 11.1 Å². The van der Waals surface area contributed by atoms with E-state index in [1.54, 1.807) is 18.3 Å². The number of aromatic nitrogens is 2. The lowest BCUT2D eigenvalue weighted by atomic mass is 9.73. The zero-order chi connectivity index (χ0) is 26.9. The third-order valence-electron chi connectivity index (χ3n) is 7.97. The Balaban J connectivity index is 1.25. The van der Waals surface area contributed by atoms with E-state index in [2.05, 4.69) is 20.5 Å². The standard InChI is InChI=1S/C26H35N7O4S/c1-38(36,37)20-6-4-18(5-7-20)13-21-23(24(27)34)29-14-22(31-21)33-10-2-3-19(15-33)30-25(35)32-11-8-26(9-12-32)16-28-17-26/h4-7,14,19,28H,2-3,8-13,15-17H2,1H3,(H2,27,34)(H,30,35). The van der Waals surface area contributed by atoms with Gasteiger partial charge in [0, 0.05) is 58.0 Å². The molecule has 1 atom stereocenters. The van der Waals surface area contributed by atoms with Gasteiger partial charge in [-0.05, 0) is 48.8 Å². The monoisotopic (exact) mass is 541 g/mol. The number of anilines is 1. The fraction of sp³-hybridized carbons (Fsp3) is 0.538. The van der Waals surface area contributed by atoms with Gasteiger partial charge in [-0.15, -0.1) is 0 Å². The summed E-state index contributed by atoms with van der Waals surface area (Å²) in [6, 6.07) is 6.46. The number of nitrogens with one attached hydrogen (secondary N) is 2. The van der Waals surface area contributed by atoms with Crippen LogP contribution < -0.4 is 21.3 Å². The number of sulfone groups is 1. The summed E-state index contributed by atoms with van der Waals surface area (Å²) in [6.45, 7) is 5.06. The van der Waals surface area contributed by atoms with Crippen LogP contribution in [0.15, 0.2) is 35.4 Å². The molecule has 3 amide bonds. The molecule has 0 radical (unpaired) electrons. The van der Waals surface area contributed by atoms with Gasteiger partial charge in [0.05, 0.1) is 16.8 Å². The topological polar surface area (TPSA) is 151 Å². The first-order valence-electron chi connectivity index (χ1n) is 13.1. The van der Waals surface area contributed by atoms with Gasteiger partial charge in [0.2, 0.25) is 0 Å². The normalized spacial score (nSPS) is 21.1. The Labute approximate surface area is 223 Å². The summed E-state index contributed by atoms with van der Waals surface area (Å²) in [5.41, 5.74) is 7.27. The predicted octanol–water partition coefficient (Wildman–Crippen LogP) is 0.934. The molecule has 1 unspecified atom stereocenters. The van der Waals surface area contributed by atoms with Crippen LogP contribution in [0.4, 0.5) is 10.6 Å². The summed E-state index contributed by atoms with van der Waals surface area (Å²) in [4.78, 5) is 38.3. The van der Waals surface area contributed by atoms with E-state index in [0.717, 1.165) is 70.2 Å². The maximum absolute atomic E-state index is 13.0. The highest BCUT2D eigenvalue weighted by atomic mass is 32.2. The third-order valence-corrected chi connectivity index (χ3v) is 9.10. The number of urea groups is 1. The molecule has 2 aromatic rings. The van der Waals surface area contributed by atoms with Crippen LogP contribution in [0.25, 0.3) is 0 Å². The lowest BCUT2D eigenvalue weighted by Gasteiger charge is -2.48. The average Bonchev–Trinajstić information content (AvgIpc) is 2.87. The van der Waals surface area contributed by atoms with Crippen LogP contribution in [-0.2, 0) is 16.3 Å². The fourth-order valence-corrected chi connectivity index (χ4v) is 6.16. The van der Waals surface area contributed by atoms with Gasteiger partial charge in [0.15, 0.2) is 9.84 Å². The molecule has 38 heavy (non-hydrogen) atoms. The molecule has 0 saturated carbocycles. The molecule has 1 aromatic carbocycles. The summed E-state index contributed by atoms with van der Waals surface area (Å²) in [5.74, 6) is -0.0503. The van der Waals surface area contributed by atoms with Gasteiger partial charge >= 0.3 is 6.03 Å². The fourth-order valence-electron chi connectivity index (χ4n) is 5.53. The number of hydrogen-bond acceptors (Lipinski definition) is 8. The second-order valence-electron chi connectivity index (χ2n) is 10.8. The Kier molecular flexibility index (Phi) is 7.28. The van der Waals surface area contributed by atoms with Crippen molar-refractivity contribution in [1.29, 1.82) is 0 Å². The molecule has 3 saturated heterocycles. The summed E-state index contributed by atoms with van der Waals surface area (Å²) in [5, 5.41) is 6.56. The lowest BCUT2D eigenvalue weighted by Crippen LogP contribution is -2.60. The Bertz CT molecular complexity index is 1300. The van der Waals surface area contributed by atoms with Crippen LogP contribution in [-0.4, -0.2) is 86.8 Å². The maximum Gasteiger partial charge on any atom is 0.317 e. The van der Waals surface area contributed by atoms with E-state index < -0.39 is 15.7 Å². The van der Waals surface area contributed by atoms with E-state index in [0.29, 0.717) is 23.5 Å². The Morgan fingerprint density at radius 3 is 2.47 bits per heavy atom. The number of amides is 3. The van der Waals surface area contributed by atoms with Gasteiger partial charge in [-0.25, -0.2) is 23.2 Å². The van der Waals surface area contributed by atoms with Crippen LogP contribution in [0.5, 0.6) is 0 Å². The summed E-state index contributed by atoms with van der Waals surface area (Å²) >= 11 is 0. The molecule has 1 spiro atoms. The number of likely N-dealkylation sites (tertiary alicyclic amines) is 1. The summed E-state index contributed by atoms with van der Waals surface area (Å²) in [7, 11) is -3.30. The molecular formula is C26H35N7O4S. The second kappa shape index (κ2) is 10.5. The van der Waals surface area contributed by atoms with E-state index in [4.69, 9.17) is 10.7 Å². The molecule has 3 aliphatic rings. The first-order valence-corrected chi connectivity index (χ1v) is 15.0. The largest absolute Gasteiger partial charge is 0.364 e. The number of benzene rings is 1. The number of carbonyl (C=O) groups is 2. The molecule has 204 valence electrons. The molecule has 3 aliphatic heterocycles. The van der Waals surface area contributed by atoms with E-state index in [1.807, 2.05) is 4.90 Å². The van der Waals surface area contributed by atoms with Gasteiger partial charge in [0.25, 0.3) is 5.91 Å². The summed E-state index contributed by atoms with van der Waals surface area (Å²) in [6.07, 6.45) is 6.86. The molecule has 4 heterocycles. The third kappa shape index (κ3) is 5.75. The summed E-state index contributed by atoms with van der Waals surface area (Å²) < 4.78 is 23.5. The molecule has 0 bridgehead atoms. The molecule has 3 fully saturated rings. The van der Waals surface area contributed by atoms with E-state index in [-0.39, 0.29) is 29.1 Å². The van der Waals surface area contributed by atoms with Crippen LogP contribution in [0.2, 0.25) is 0 Å². The minimum atomic E-state index is -3.30. The Morgan fingerprint density at radius 1 is 1.16 bits per heavy atom. The van der Waals surface area contributed by atoms with Gasteiger partial charge in [0.1, 0.15) is 11.5 Å². The molecule has 4 N–H and O–H groups in total. The molecule has 11 nitrogen and oxygen atoms in total. The van der Waals surface area contributed by atoms with Crippen LogP contribution in [0.3, 0.4) is 0 Å². The van der Waals surface area contributed by atoms with Crippen LogP contribution in [0, 0.1) is 5.41 Å². The first-order chi connectivity index (χ1) is 18.1. The highest BCUT2D eigenvalue weighted by molar-refractivity contribution is 7.90. The van der Waals surface area contributed by atoms with Crippen molar-refractivity contribution in [3.8, 4) is 0 Å². The average molecular weight is 542 g/mol. The number of rotatable bonds is 6. The zero-order valence-electron chi connectivity index (χ0n) is 21.6. The Hall–Kier alpha value is -3.25. The van der Waals surface area contributed by atoms with Crippen LogP contribution in [0.1, 0.15) is 47.4 Å². The Morgan fingerprint density at radius 2 is 1.87 bits per heavy atom. The van der Waals surface area contributed by atoms with E-state index in [1.165, 1.54) is 12.1 Å². The first kappa shape index (κ1) is 26.4. The van der Waals surface area contributed by atoms with Crippen molar-refractivity contribution in [3.05, 3.63) is 47.4 Å². The van der Waals surface area contributed by atoms with Crippen molar-refractivity contribution in [2.75, 3.05) is 50.4 Å². The number of piperidine rings is 2. The number of nitrogens with zero attached hydrogens (tertiary/aromatic N) is 4. The number of carbonyl (C=O) groups excluding carboxylic acids is 2. The molecule has 12 heteroatoms. The van der Waals surface area contributed by atoms with Crippen LogP contribution >= 0.6 is 0 Å². The molecule has 5 rings (SSSR count). The van der Waals surface area contributed by atoms with E-state index in [9.17, 15) is 18.0 Å². The predicted molar refractivity (Wildman–Crippen MR) is 143 cm³/mol. The number of primary amides is 1. The number of nitrogens with two attached hydrogens (primary N) is 1. The van der Waals surface area contributed by atoms with E-state index >= 15 is 0 Å². The van der Waals surface area contributed by atoms with Crippen molar-refractivity contribution >= 4 is 27.6 Å². The minimum Gasteiger partial charge on any atom is -0.364 e. The highest BCUT2D eigenvalue weighted by Gasteiger charge is 2.40. The zero-order valence-corrected chi connectivity index (χ0v) is 22.5. The van der Waals surface area contributed by atoms with Crippen molar-refractivity contribution in [3.63, 3.8) is 0 Å². The van der Waals surface area contributed by atoms with Gasteiger partial charge in [-0.2, -0.15) is 0 Å². The number of hydrogen-bond donors (Lipinski definition) is 3. The quantitative estimate of drug-likeness (QED) is 0.489.